The van der Waals surface area contributed by atoms with Crippen LogP contribution in [0.5, 0.6) is 5.88 Å². The zero-order chi connectivity index (χ0) is 20.3. The Morgan fingerprint density at radius 1 is 1.11 bits per heavy atom. The van der Waals surface area contributed by atoms with Crippen molar-refractivity contribution in [2.75, 3.05) is 14.2 Å². The van der Waals surface area contributed by atoms with Gasteiger partial charge in [0.25, 0.3) is 6.10 Å². The summed E-state index contributed by atoms with van der Waals surface area (Å²) >= 11 is 12.0. The number of nitrogens with zero attached hydrogens (tertiary/aromatic N) is 2. The number of hydrogen-bond donors (Lipinski definition) is 0. The van der Waals surface area contributed by atoms with Gasteiger partial charge in [-0.05, 0) is 25.1 Å². The van der Waals surface area contributed by atoms with E-state index in [0.717, 1.165) is 14.2 Å². The molecule has 0 atom stereocenters. The number of ketones is 1. The standard InChI is InChI=1S/C17H16Cl2N2O6/c1-8-12(13(22)10-6-5-9(18)7-11(10)19)15(21(2)20-8)27-14(16(23)25-3)17(24)26-4/h5-7,14H,1-4H3. The summed E-state index contributed by atoms with van der Waals surface area (Å²) < 4.78 is 15.8. The minimum atomic E-state index is -1.72. The quantitative estimate of drug-likeness (QED) is 0.406. The number of ether oxygens (including phenoxy) is 3. The zero-order valence-corrected chi connectivity index (χ0v) is 16.4. The van der Waals surface area contributed by atoms with E-state index in [0.29, 0.717) is 10.7 Å². The van der Waals surface area contributed by atoms with Crippen molar-refractivity contribution in [3.05, 3.63) is 45.1 Å². The van der Waals surface area contributed by atoms with Crippen LogP contribution in [0, 0.1) is 6.92 Å². The summed E-state index contributed by atoms with van der Waals surface area (Å²) in [6, 6.07) is 4.40. The predicted molar refractivity (Wildman–Crippen MR) is 96.3 cm³/mol. The molecule has 8 nitrogen and oxygen atoms in total. The average Bonchev–Trinajstić information content (AvgIpc) is 2.90. The highest BCUT2D eigenvalue weighted by atomic mass is 35.5. The van der Waals surface area contributed by atoms with Crippen LogP contribution in [0.3, 0.4) is 0 Å². The Morgan fingerprint density at radius 3 is 2.22 bits per heavy atom. The first-order valence-electron chi connectivity index (χ1n) is 7.56. The van der Waals surface area contributed by atoms with Gasteiger partial charge in [-0.3, -0.25) is 4.79 Å². The summed E-state index contributed by atoms with van der Waals surface area (Å²) in [5, 5.41) is 4.63. The SMILES string of the molecule is COC(=O)C(Oc1c(C(=O)c2ccc(Cl)cc2Cl)c(C)nn1C)C(=O)OC. The molecule has 0 aliphatic heterocycles. The second kappa shape index (κ2) is 8.41. The third kappa shape index (κ3) is 4.23. The van der Waals surface area contributed by atoms with E-state index in [4.69, 9.17) is 27.9 Å². The van der Waals surface area contributed by atoms with Crippen LogP contribution in [0.1, 0.15) is 21.6 Å². The first kappa shape index (κ1) is 20.7. The second-order valence-electron chi connectivity index (χ2n) is 5.39. The molecule has 1 aromatic carbocycles. The first-order valence-corrected chi connectivity index (χ1v) is 8.32. The maximum Gasteiger partial charge on any atom is 0.359 e. The Balaban J connectivity index is 2.52. The number of carbonyl (C=O) groups excluding carboxylic acids is 3. The molecule has 1 aromatic heterocycles. The van der Waals surface area contributed by atoms with Gasteiger partial charge < -0.3 is 14.2 Å². The van der Waals surface area contributed by atoms with Crippen molar-refractivity contribution < 1.29 is 28.6 Å². The molecule has 0 unspecified atom stereocenters. The van der Waals surface area contributed by atoms with E-state index >= 15 is 0 Å². The van der Waals surface area contributed by atoms with E-state index in [9.17, 15) is 14.4 Å². The Hall–Kier alpha value is -2.58. The maximum atomic E-state index is 13.0. The molecule has 0 saturated heterocycles. The van der Waals surface area contributed by atoms with Gasteiger partial charge in [-0.25, -0.2) is 14.3 Å². The van der Waals surface area contributed by atoms with Crippen LogP contribution < -0.4 is 4.74 Å². The number of aromatic nitrogens is 2. The van der Waals surface area contributed by atoms with Crippen LogP contribution in [0.2, 0.25) is 10.0 Å². The molecule has 2 aromatic rings. The monoisotopic (exact) mass is 414 g/mol. The van der Waals surface area contributed by atoms with Gasteiger partial charge in [-0.15, -0.1) is 0 Å². The molecule has 0 fully saturated rings. The maximum absolute atomic E-state index is 13.0. The fourth-order valence-corrected chi connectivity index (χ4v) is 2.85. The van der Waals surface area contributed by atoms with Gasteiger partial charge in [0.05, 0.1) is 24.9 Å². The summed E-state index contributed by atoms with van der Waals surface area (Å²) in [5.41, 5.74) is 0.520. The van der Waals surface area contributed by atoms with Crippen LogP contribution in [-0.2, 0) is 26.1 Å². The lowest BCUT2D eigenvalue weighted by Gasteiger charge is -2.16. The van der Waals surface area contributed by atoms with Gasteiger partial charge in [0.1, 0.15) is 5.56 Å². The molecule has 10 heteroatoms. The normalized spacial score (nSPS) is 10.6. The van der Waals surface area contributed by atoms with E-state index in [1.807, 2.05) is 0 Å². The molecule has 27 heavy (non-hydrogen) atoms. The number of benzene rings is 1. The Kier molecular flexibility index (Phi) is 6.45. The summed E-state index contributed by atoms with van der Waals surface area (Å²) in [7, 11) is 3.68. The molecule has 0 N–H and O–H groups in total. The minimum Gasteiger partial charge on any atom is -0.466 e. The average molecular weight is 415 g/mol. The second-order valence-corrected chi connectivity index (χ2v) is 6.23. The highest BCUT2D eigenvalue weighted by Crippen LogP contribution is 2.30. The lowest BCUT2D eigenvalue weighted by atomic mass is 10.0. The Morgan fingerprint density at radius 2 is 1.70 bits per heavy atom. The Labute approximate surface area is 164 Å². The molecular weight excluding hydrogens is 399 g/mol. The molecule has 0 aliphatic carbocycles. The van der Waals surface area contributed by atoms with Crippen LogP contribution in [0.15, 0.2) is 18.2 Å². The van der Waals surface area contributed by atoms with Crippen LogP contribution >= 0.6 is 23.2 Å². The molecule has 0 spiro atoms. The van der Waals surface area contributed by atoms with Crippen molar-refractivity contribution in [2.24, 2.45) is 7.05 Å². The molecule has 144 valence electrons. The fourth-order valence-electron chi connectivity index (χ4n) is 2.36. The van der Waals surface area contributed by atoms with Crippen LogP contribution in [0.25, 0.3) is 0 Å². The minimum absolute atomic E-state index is 0.0412. The largest absolute Gasteiger partial charge is 0.466 e. The number of aryl methyl sites for hydroxylation is 2. The van der Waals surface area contributed by atoms with E-state index in [1.54, 1.807) is 6.92 Å². The predicted octanol–water partition coefficient (Wildman–Crippen LogP) is 2.36. The highest BCUT2D eigenvalue weighted by Gasteiger charge is 2.35. The third-order valence-corrected chi connectivity index (χ3v) is 4.18. The van der Waals surface area contributed by atoms with Gasteiger partial charge in [0, 0.05) is 17.6 Å². The molecule has 1 heterocycles. The van der Waals surface area contributed by atoms with E-state index in [2.05, 4.69) is 14.6 Å². The third-order valence-electron chi connectivity index (χ3n) is 3.63. The van der Waals surface area contributed by atoms with Gasteiger partial charge >= 0.3 is 11.9 Å². The summed E-state index contributed by atoms with van der Waals surface area (Å²) in [6.45, 7) is 1.58. The van der Waals surface area contributed by atoms with Gasteiger partial charge in [-0.1, -0.05) is 23.2 Å². The summed E-state index contributed by atoms with van der Waals surface area (Å²) in [5.74, 6) is -2.58. The topological polar surface area (TPSA) is 96.7 Å². The Bertz CT molecular complexity index is 893. The van der Waals surface area contributed by atoms with Crippen molar-refractivity contribution in [3.8, 4) is 5.88 Å². The van der Waals surface area contributed by atoms with Gasteiger partial charge in [0.15, 0.2) is 0 Å². The van der Waals surface area contributed by atoms with Gasteiger partial charge in [0.2, 0.25) is 11.7 Å². The van der Waals surface area contributed by atoms with Crippen molar-refractivity contribution >= 4 is 40.9 Å². The highest BCUT2D eigenvalue weighted by molar-refractivity contribution is 6.37. The summed E-state index contributed by atoms with van der Waals surface area (Å²) in [4.78, 5) is 36.8. The smallest absolute Gasteiger partial charge is 0.359 e. The lowest BCUT2D eigenvalue weighted by Crippen LogP contribution is -2.38. The summed E-state index contributed by atoms with van der Waals surface area (Å²) in [6.07, 6.45) is -1.72. The van der Waals surface area contributed by atoms with E-state index < -0.39 is 23.8 Å². The molecule has 0 saturated carbocycles. The van der Waals surface area contributed by atoms with E-state index in [1.165, 1.54) is 29.9 Å². The van der Waals surface area contributed by atoms with Crippen LogP contribution in [-0.4, -0.2) is 47.8 Å². The van der Waals surface area contributed by atoms with Gasteiger partial charge in [-0.2, -0.15) is 5.10 Å². The zero-order valence-electron chi connectivity index (χ0n) is 14.9. The molecule has 0 aliphatic rings. The number of halogens is 2. The molecule has 0 bridgehead atoms. The lowest BCUT2D eigenvalue weighted by molar-refractivity contribution is -0.163. The van der Waals surface area contributed by atoms with Crippen molar-refractivity contribution in [1.82, 2.24) is 9.78 Å². The van der Waals surface area contributed by atoms with Crippen molar-refractivity contribution in [1.29, 1.82) is 0 Å². The number of hydrogen-bond acceptors (Lipinski definition) is 7. The van der Waals surface area contributed by atoms with E-state index in [-0.39, 0.29) is 22.0 Å². The first-order chi connectivity index (χ1) is 12.7. The fraction of sp³-hybridized carbons (Fsp3) is 0.294. The molecular formula is C17H16Cl2N2O6. The van der Waals surface area contributed by atoms with Crippen molar-refractivity contribution in [2.45, 2.75) is 13.0 Å². The van der Waals surface area contributed by atoms with Crippen molar-refractivity contribution in [3.63, 3.8) is 0 Å². The number of rotatable bonds is 6. The molecule has 0 amide bonds. The number of carbonyl (C=O) groups is 3. The number of esters is 2. The molecule has 2 rings (SSSR count). The van der Waals surface area contributed by atoms with Crippen LogP contribution in [0.4, 0.5) is 0 Å². The molecule has 0 radical (unpaired) electrons. The number of methoxy groups -OCH3 is 2.